The van der Waals surface area contributed by atoms with Crippen molar-refractivity contribution in [2.75, 3.05) is 31.9 Å². The minimum atomic E-state index is -3.18. The largest absolute Gasteiger partial charge is 0.341 e. The Hall–Kier alpha value is -1.40. The van der Waals surface area contributed by atoms with Crippen LogP contribution in [0.3, 0.4) is 0 Å². The van der Waals surface area contributed by atoms with E-state index >= 15 is 0 Å². The van der Waals surface area contributed by atoms with Crippen molar-refractivity contribution in [1.82, 2.24) is 9.21 Å². The van der Waals surface area contributed by atoms with Crippen LogP contribution in [0.25, 0.3) is 0 Å². The normalized spacial score (nSPS) is 17.0. The first kappa shape index (κ1) is 17.9. The van der Waals surface area contributed by atoms with Gasteiger partial charge < -0.3 is 4.90 Å². The van der Waals surface area contributed by atoms with Gasteiger partial charge in [-0.25, -0.2) is 12.7 Å². The highest BCUT2D eigenvalue weighted by Gasteiger charge is 2.26. The molecule has 0 atom stereocenters. The van der Waals surface area contributed by atoms with Crippen molar-refractivity contribution in [3.05, 3.63) is 35.9 Å². The van der Waals surface area contributed by atoms with Gasteiger partial charge in [0.1, 0.15) is 0 Å². The first-order chi connectivity index (χ1) is 11.0. The van der Waals surface area contributed by atoms with Crippen LogP contribution in [0, 0.1) is 0 Å². The summed E-state index contributed by atoms with van der Waals surface area (Å²) in [7, 11) is -3.18. The molecule has 1 amide bonds. The minimum Gasteiger partial charge on any atom is -0.341 e. The average molecular weight is 338 g/mol. The van der Waals surface area contributed by atoms with Crippen LogP contribution >= 0.6 is 0 Å². The molecule has 1 aliphatic rings. The summed E-state index contributed by atoms with van der Waals surface area (Å²) >= 11 is 0. The van der Waals surface area contributed by atoms with Gasteiger partial charge >= 0.3 is 0 Å². The fraction of sp³-hybridized carbons (Fsp3) is 0.588. The predicted molar refractivity (Wildman–Crippen MR) is 91.6 cm³/mol. The number of unbranched alkanes of at least 4 members (excludes halogenated alkanes) is 1. The van der Waals surface area contributed by atoms with Crippen molar-refractivity contribution in [3.63, 3.8) is 0 Å². The molecule has 0 radical (unpaired) electrons. The molecule has 2 rings (SSSR count). The third-order valence-corrected chi connectivity index (χ3v) is 6.11. The van der Waals surface area contributed by atoms with Crippen LogP contribution in [0.15, 0.2) is 30.3 Å². The van der Waals surface area contributed by atoms with Gasteiger partial charge in [0.05, 0.1) is 12.2 Å². The van der Waals surface area contributed by atoms with Gasteiger partial charge in [-0.3, -0.25) is 4.79 Å². The zero-order valence-corrected chi connectivity index (χ0v) is 14.6. The summed E-state index contributed by atoms with van der Waals surface area (Å²) < 4.78 is 26.1. The summed E-state index contributed by atoms with van der Waals surface area (Å²) in [5.74, 6) is 0.283. The van der Waals surface area contributed by atoms with Gasteiger partial charge in [0.25, 0.3) is 0 Å². The lowest BCUT2D eigenvalue weighted by atomic mass is 10.1. The smallest absolute Gasteiger partial charge is 0.227 e. The summed E-state index contributed by atoms with van der Waals surface area (Å²) in [4.78, 5) is 14.2. The molecular formula is C17H26N2O3S. The summed E-state index contributed by atoms with van der Waals surface area (Å²) in [5.41, 5.74) is 0.995. The molecule has 0 bridgehead atoms. The van der Waals surface area contributed by atoms with Crippen LogP contribution in [0.5, 0.6) is 0 Å². The molecule has 0 N–H and O–H groups in total. The van der Waals surface area contributed by atoms with E-state index in [1.54, 1.807) is 9.21 Å². The van der Waals surface area contributed by atoms with Crippen LogP contribution in [0.4, 0.5) is 0 Å². The van der Waals surface area contributed by atoms with E-state index in [1.165, 1.54) is 0 Å². The minimum absolute atomic E-state index is 0.0732. The maximum Gasteiger partial charge on any atom is 0.227 e. The standard InChI is InChI=1S/C17H26N2O3S/c1-2-3-14-23(21,22)19-11-7-10-18(12-13-19)17(20)15-16-8-5-4-6-9-16/h4-6,8-9H,2-3,7,10-15H2,1H3. The highest BCUT2D eigenvalue weighted by molar-refractivity contribution is 7.89. The summed E-state index contributed by atoms with van der Waals surface area (Å²) in [6.07, 6.45) is 2.64. The summed E-state index contributed by atoms with van der Waals surface area (Å²) in [5, 5.41) is 0. The topological polar surface area (TPSA) is 57.7 Å². The molecule has 1 aliphatic heterocycles. The Kier molecular flexibility index (Phi) is 6.59. The Morgan fingerprint density at radius 2 is 1.83 bits per heavy atom. The monoisotopic (exact) mass is 338 g/mol. The lowest BCUT2D eigenvalue weighted by molar-refractivity contribution is -0.130. The zero-order valence-electron chi connectivity index (χ0n) is 13.8. The molecule has 5 nitrogen and oxygen atoms in total. The second-order valence-electron chi connectivity index (χ2n) is 5.97. The number of nitrogens with zero attached hydrogens (tertiary/aromatic N) is 2. The molecule has 0 aliphatic carbocycles. The third-order valence-electron chi connectivity index (χ3n) is 4.15. The number of carbonyl (C=O) groups excluding carboxylic acids is 1. The Labute approximate surface area is 139 Å². The molecule has 1 aromatic rings. The number of carbonyl (C=O) groups is 1. The molecule has 1 fully saturated rings. The second kappa shape index (κ2) is 8.45. The summed E-state index contributed by atoms with van der Waals surface area (Å²) in [6, 6.07) is 9.66. The van der Waals surface area contributed by atoms with Crippen molar-refractivity contribution < 1.29 is 13.2 Å². The molecule has 1 aromatic carbocycles. The first-order valence-electron chi connectivity index (χ1n) is 8.32. The number of sulfonamides is 1. The quantitative estimate of drug-likeness (QED) is 0.796. The maximum absolute atomic E-state index is 12.4. The maximum atomic E-state index is 12.4. The summed E-state index contributed by atoms with van der Waals surface area (Å²) in [6.45, 7) is 4.03. The van der Waals surface area contributed by atoms with Gasteiger partial charge in [-0.1, -0.05) is 43.7 Å². The Bertz CT molecular complexity index is 602. The molecular weight excluding hydrogens is 312 g/mol. The number of amides is 1. The van der Waals surface area contributed by atoms with Gasteiger partial charge in [0, 0.05) is 26.2 Å². The van der Waals surface area contributed by atoms with Gasteiger partial charge in [-0.05, 0) is 18.4 Å². The van der Waals surface area contributed by atoms with E-state index in [4.69, 9.17) is 0 Å². The molecule has 0 unspecified atom stereocenters. The van der Waals surface area contributed by atoms with Crippen LogP contribution in [0.2, 0.25) is 0 Å². The van der Waals surface area contributed by atoms with Crippen molar-refractivity contribution in [1.29, 1.82) is 0 Å². The molecule has 0 aromatic heterocycles. The van der Waals surface area contributed by atoms with Crippen molar-refractivity contribution in [2.45, 2.75) is 32.6 Å². The van der Waals surface area contributed by atoms with E-state index in [0.29, 0.717) is 45.4 Å². The Balaban J connectivity index is 1.92. The SMILES string of the molecule is CCCCS(=O)(=O)N1CCCN(C(=O)Cc2ccccc2)CC1. The number of rotatable bonds is 6. The third kappa shape index (κ3) is 5.32. The molecule has 6 heteroatoms. The number of hydrogen-bond acceptors (Lipinski definition) is 3. The molecule has 1 saturated heterocycles. The van der Waals surface area contributed by atoms with Crippen LogP contribution < -0.4 is 0 Å². The Morgan fingerprint density at radius 1 is 1.09 bits per heavy atom. The van der Waals surface area contributed by atoms with Gasteiger partial charge in [0.2, 0.25) is 15.9 Å². The van der Waals surface area contributed by atoms with Gasteiger partial charge in [0.15, 0.2) is 0 Å². The number of benzene rings is 1. The van der Waals surface area contributed by atoms with E-state index in [0.717, 1.165) is 12.0 Å². The van der Waals surface area contributed by atoms with Crippen LogP contribution in [-0.4, -0.2) is 55.5 Å². The second-order valence-corrected chi connectivity index (χ2v) is 8.05. The number of hydrogen-bond donors (Lipinski definition) is 0. The average Bonchev–Trinajstić information content (AvgIpc) is 2.80. The van der Waals surface area contributed by atoms with Gasteiger partial charge in [-0.15, -0.1) is 0 Å². The van der Waals surface area contributed by atoms with Crippen molar-refractivity contribution in [3.8, 4) is 0 Å². The predicted octanol–water partition coefficient (Wildman–Crippen LogP) is 1.89. The lowest BCUT2D eigenvalue weighted by Gasteiger charge is -2.22. The molecule has 128 valence electrons. The molecule has 1 heterocycles. The van der Waals surface area contributed by atoms with Crippen LogP contribution in [-0.2, 0) is 21.2 Å². The van der Waals surface area contributed by atoms with E-state index < -0.39 is 10.0 Å². The molecule has 0 spiro atoms. The van der Waals surface area contributed by atoms with Crippen molar-refractivity contribution in [2.24, 2.45) is 0 Å². The molecule has 0 saturated carbocycles. The first-order valence-corrected chi connectivity index (χ1v) is 9.93. The highest BCUT2D eigenvalue weighted by Crippen LogP contribution is 2.12. The van der Waals surface area contributed by atoms with E-state index in [-0.39, 0.29) is 11.7 Å². The zero-order chi connectivity index (χ0) is 16.7. The van der Waals surface area contributed by atoms with E-state index in [1.807, 2.05) is 37.3 Å². The van der Waals surface area contributed by atoms with Crippen LogP contribution in [0.1, 0.15) is 31.7 Å². The van der Waals surface area contributed by atoms with Gasteiger partial charge in [-0.2, -0.15) is 0 Å². The Morgan fingerprint density at radius 3 is 2.52 bits per heavy atom. The fourth-order valence-corrected chi connectivity index (χ4v) is 4.44. The van der Waals surface area contributed by atoms with Crippen molar-refractivity contribution >= 4 is 15.9 Å². The highest BCUT2D eigenvalue weighted by atomic mass is 32.2. The lowest BCUT2D eigenvalue weighted by Crippen LogP contribution is -2.38. The van der Waals surface area contributed by atoms with E-state index in [2.05, 4.69) is 0 Å². The fourth-order valence-electron chi connectivity index (χ4n) is 2.76. The van der Waals surface area contributed by atoms with E-state index in [9.17, 15) is 13.2 Å². The molecule has 23 heavy (non-hydrogen) atoms.